The van der Waals surface area contributed by atoms with E-state index in [1.54, 1.807) is 6.92 Å². The lowest BCUT2D eigenvalue weighted by Crippen LogP contribution is -2.30. The molecule has 0 fully saturated rings. The highest BCUT2D eigenvalue weighted by molar-refractivity contribution is 5.74. The summed E-state index contributed by atoms with van der Waals surface area (Å²) in [6.07, 6.45) is 1.85. The number of esters is 2. The topological polar surface area (TPSA) is 64.6 Å². The standard InChI is InChI=1S/C10H19NO4/c1-3-5-6-15-10(13)8-11-7-9(12)14-4-2/h11H,3-8H2,1-2H3. The summed E-state index contributed by atoms with van der Waals surface area (Å²) in [5.74, 6) is -0.702. The van der Waals surface area contributed by atoms with Gasteiger partial charge in [-0.15, -0.1) is 0 Å². The number of unbranched alkanes of at least 4 members (excludes halogenated alkanes) is 1. The van der Waals surface area contributed by atoms with Gasteiger partial charge >= 0.3 is 11.9 Å². The maximum absolute atomic E-state index is 11.0. The monoisotopic (exact) mass is 217 g/mol. The van der Waals surface area contributed by atoms with Crippen LogP contribution in [0.15, 0.2) is 0 Å². The van der Waals surface area contributed by atoms with Gasteiger partial charge in [-0.3, -0.25) is 14.9 Å². The van der Waals surface area contributed by atoms with Gasteiger partial charge in [-0.05, 0) is 13.3 Å². The largest absolute Gasteiger partial charge is 0.465 e. The van der Waals surface area contributed by atoms with Crippen LogP contribution >= 0.6 is 0 Å². The molecule has 15 heavy (non-hydrogen) atoms. The first kappa shape index (κ1) is 13.9. The number of hydrogen-bond donors (Lipinski definition) is 1. The number of rotatable bonds is 8. The Morgan fingerprint density at radius 1 is 1.07 bits per heavy atom. The molecule has 0 aromatic rings. The van der Waals surface area contributed by atoms with Crippen LogP contribution in [0, 0.1) is 0 Å². The predicted molar refractivity (Wildman–Crippen MR) is 55.4 cm³/mol. The second-order valence-corrected chi connectivity index (χ2v) is 2.98. The van der Waals surface area contributed by atoms with Crippen molar-refractivity contribution >= 4 is 11.9 Å². The maximum atomic E-state index is 11.0. The van der Waals surface area contributed by atoms with Gasteiger partial charge in [0, 0.05) is 0 Å². The quantitative estimate of drug-likeness (QED) is 0.473. The first-order valence-corrected chi connectivity index (χ1v) is 5.22. The molecular weight excluding hydrogens is 198 g/mol. The smallest absolute Gasteiger partial charge is 0.319 e. The third-order valence-corrected chi connectivity index (χ3v) is 1.60. The van der Waals surface area contributed by atoms with Crippen LogP contribution in [0.3, 0.4) is 0 Å². The molecule has 88 valence electrons. The van der Waals surface area contributed by atoms with E-state index in [4.69, 9.17) is 4.74 Å². The van der Waals surface area contributed by atoms with Crippen LogP contribution in [0.5, 0.6) is 0 Å². The van der Waals surface area contributed by atoms with E-state index in [9.17, 15) is 9.59 Å². The molecule has 0 aliphatic rings. The molecule has 1 N–H and O–H groups in total. The Balaban J connectivity index is 3.34. The zero-order chi connectivity index (χ0) is 11.5. The Bertz CT molecular complexity index is 194. The third-order valence-electron chi connectivity index (χ3n) is 1.60. The van der Waals surface area contributed by atoms with Gasteiger partial charge in [-0.25, -0.2) is 0 Å². The fraction of sp³-hybridized carbons (Fsp3) is 0.800. The second-order valence-electron chi connectivity index (χ2n) is 2.98. The lowest BCUT2D eigenvalue weighted by Gasteiger charge is -2.05. The van der Waals surface area contributed by atoms with E-state index in [0.29, 0.717) is 13.2 Å². The van der Waals surface area contributed by atoms with E-state index < -0.39 is 0 Å². The third kappa shape index (κ3) is 9.21. The molecule has 0 unspecified atom stereocenters. The van der Waals surface area contributed by atoms with E-state index >= 15 is 0 Å². The van der Waals surface area contributed by atoms with Crippen molar-refractivity contribution in [3.63, 3.8) is 0 Å². The van der Waals surface area contributed by atoms with E-state index in [1.807, 2.05) is 6.92 Å². The van der Waals surface area contributed by atoms with Gasteiger partial charge in [0.05, 0.1) is 26.3 Å². The first-order valence-electron chi connectivity index (χ1n) is 5.22. The number of carbonyl (C=O) groups is 2. The zero-order valence-electron chi connectivity index (χ0n) is 9.38. The van der Waals surface area contributed by atoms with Crippen LogP contribution in [-0.2, 0) is 19.1 Å². The Morgan fingerprint density at radius 3 is 2.20 bits per heavy atom. The van der Waals surface area contributed by atoms with Gasteiger partial charge in [0.15, 0.2) is 0 Å². The fourth-order valence-electron chi connectivity index (χ4n) is 0.860. The van der Waals surface area contributed by atoms with Crippen LogP contribution in [0.25, 0.3) is 0 Å². The van der Waals surface area contributed by atoms with Crippen molar-refractivity contribution in [1.29, 1.82) is 0 Å². The summed E-state index contributed by atoms with van der Waals surface area (Å²) >= 11 is 0. The minimum atomic E-state index is -0.362. The molecule has 0 amide bonds. The summed E-state index contributed by atoms with van der Waals surface area (Å²) < 4.78 is 9.54. The highest BCUT2D eigenvalue weighted by atomic mass is 16.5. The Morgan fingerprint density at radius 2 is 1.67 bits per heavy atom. The fourth-order valence-corrected chi connectivity index (χ4v) is 0.860. The molecule has 0 heterocycles. The van der Waals surface area contributed by atoms with Gasteiger partial charge in [-0.1, -0.05) is 13.3 Å². The highest BCUT2D eigenvalue weighted by Gasteiger charge is 2.04. The number of nitrogens with one attached hydrogen (secondary N) is 1. The van der Waals surface area contributed by atoms with Gasteiger partial charge in [-0.2, -0.15) is 0 Å². The maximum Gasteiger partial charge on any atom is 0.319 e. The summed E-state index contributed by atoms with van der Waals surface area (Å²) in [5, 5.41) is 2.65. The normalized spacial score (nSPS) is 9.73. The summed E-state index contributed by atoms with van der Waals surface area (Å²) in [4.78, 5) is 21.9. The molecule has 5 nitrogen and oxygen atoms in total. The van der Waals surface area contributed by atoms with E-state index in [0.717, 1.165) is 12.8 Å². The SMILES string of the molecule is CCCCOC(=O)CNCC(=O)OCC. The van der Waals surface area contributed by atoms with Gasteiger partial charge in [0.25, 0.3) is 0 Å². The van der Waals surface area contributed by atoms with Crippen molar-refractivity contribution in [2.75, 3.05) is 26.3 Å². The Labute approximate surface area is 90.1 Å². The van der Waals surface area contributed by atoms with Crippen molar-refractivity contribution in [2.45, 2.75) is 26.7 Å². The summed E-state index contributed by atoms with van der Waals surface area (Å²) in [6.45, 7) is 4.63. The van der Waals surface area contributed by atoms with Crippen LogP contribution < -0.4 is 5.32 Å². The molecule has 5 heteroatoms. The predicted octanol–water partition coefficient (Wildman–Crippen LogP) is 0.482. The van der Waals surface area contributed by atoms with Crippen LogP contribution in [0.4, 0.5) is 0 Å². The molecule has 0 aromatic carbocycles. The number of carbonyl (C=O) groups excluding carboxylic acids is 2. The van der Waals surface area contributed by atoms with Crippen LogP contribution in [0.2, 0.25) is 0 Å². The van der Waals surface area contributed by atoms with Crippen molar-refractivity contribution in [3.8, 4) is 0 Å². The molecule has 0 radical (unpaired) electrons. The van der Waals surface area contributed by atoms with E-state index in [1.165, 1.54) is 0 Å². The zero-order valence-corrected chi connectivity index (χ0v) is 9.38. The number of hydrogen-bond acceptors (Lipinski definition) is 5. The molecule has 0 bridgehead atoms. The summed E-state index contributed by atoms with van der Waals surface area (Å²) in [7, 11) is 0. The van der Waals surface area contributed by atoms with Gasteiger partial charge in [0.1, 0.15) is 0 Å². The van der Waals surface area contributed by atoms with Crippen molar-refractivity contribution in [2.24, 2.45) is 0 Å². The average molecular weight is 217 g/mol. The lowest BCUT2D eigenvalue weighted by molar-refractivity contribution is -0.143. The molecule has 0 spiro atoms. The molecule has 0 rings (SSSR count). The van der Waals surface area contributed by atoms with Gasteiger partial charge in [0.2, 0.25) is 0 Å². The molecular formula is C10H19NO4. The minimum Gasteiger partial charge on any atom is -0.465 e. The molecule has 0 aliphatic carbocycles. The van der Waals surface area contributed by atoms with Crippen molar-refractivity contribution in [3.05, 3.63) is 0 Å². The summed E-state index contributed by atoms with van der Waals surface area (Å²) in [5.41, 5.74) is 0. The van der Waals surface area contributed by atoms with E-state index in [2.05, 4.69) is 10.1 Å². The van der Waals surface area contributed by atoms with Gasteiger partial charge < -0.3 is 9.47 Å². The summed E-state index contributed by atoms with van der Waals surface area (Å²) in [6, 6.07) is 0. The molecule has 0 saturated carbocycles. The van der Waals surface area contributed by atoms with E-state index in [-0.39, 0.29) is 25.0 Å². The second kappa shape index (κ2) is 9.45. The van der Waals surface area contributed by atoms with Crippen molar-refractivity contribution < 1.29 is 19.1 Å². The lowest BCUT2D eigenvalue weighted by atomic mass is 10.4. The highest BCUT2D eigenvalue weighted by Crippen LogP contribution is 1.87. The van der Waals surface area contributed by atoms with Crippen LogP contribution in [0.1, 0.15) is 26.7 Å². The number of ether oxygens (including phenoxy) is 2. The molecule has 0 atom stereocenters. The molecule has 0 aromatic heterocycles. The molecule has 0 aliphatic heterocycles. The molecule has 0 saturated heterocycles. The average Bonchev–Trinajstić information content (AvgIpc) is 2.18. The van der Waals surface area contributed by atoms with Crippen LogP contribution in [-0.4, -0.2) is 38.2 Å². The Hall–Kier alpha value is -1.10. The minimum absolute atomic E-state index is 0.0384. The first-order chi connectivity index (χ1) is 7.20. The Kier molecular flexibility index (Phi) is 8.76. The van der Waals surface area contributed by atoms with Crippen molar-refractivity contribution in [1.82, 2.24) is 5.32 Å².